The number of H-pyrrole nitrogens is 2. The first-order valence-corrected chi connectivity index (χ1v) is 12.1. The number of anilines is 1. The van der Waals surface area contributed by atoms with Crippen molar-refractivity contribution in [3.05, 3.63) is 73.2 Å². The van der Waals surface area contributed by atoms with Gasteiger partial charge < -0.3 is 10.3 Å². The number of aromatic nitrogens is 7. The highest BCUT2D eigenvalue weighted by molar-refractivity contribution is 5.97. The normalized spacial score (nSPS) is 11.5. The molecule has 10 heteroatoms. The number of imidazole rings is 1. The van der Waals surface area contributed by atoms with E-state index < -0.39 is 0 Å². The maximum atomic E-state index is 14.5. The van der Waals surface area contributed by atoms with Gasteiger partial charge in [-0.1, -0.05) is 32.0 Å². The Morgan fingerprint density at radius 1 is 1.00 bits per heavy atom. The molecular formula is C28H23FN8O. The molecular weight excluding hydrogens is 483 g/mol. The highest BCUT2D eigenvalue weighted by atomic mass is 19.1. The summed E-state index contributed by atoms with van der Waals surface area (Å²) in [6.45, 7) is 3.99. The van der Waals surface area contributed by atoms with E-state index in [1.807, 2.05) is 26.0 Å². The second-order valence-electron chi connectivity index (χ2n) is 9.45. The SMILES string of the molecule is CC(C)CC(=O)Nc1cncc(-c2cnc3n[nH]c(-c4nc5c(-c6ccccc6F)cncc5[nH]4)c3c2)c1. The lowest BCUT2D eigenvalue weighted by Gasteiger charge is -2.08. The Kier molecular flexibility index (Phi) is 5.83. The lowest BCUT2D eigenvalue weighted by Crippen LogP contribution is -2.13. The quantitative estimate of drug-likeness (QED) is 0.264. The number of hydrogen-bond donors (Lipinski definition) is 3. The minimum atomic E-state index is -0.344. The molecule has 0 aliphatic carbocycles. The van der Waals surface area contributed by atoms with Crippen molar-refractivity contribution in [3.8, 4) is 33.8 Å². The van der Waals surface area contributed by atoms with E-state index >= 15 is 0 Å². The van der Waals surface area contributed by atoms with Crippen molar-refractivity contribution in [3.63, 3.8) is 0 Å². The van der Waals surface area contributed by atoms with Gasteiger partial charge in [0.2, 0.25) is 5.91 Å². The van der Waals surface area contributed by atoms with Crippen LogP contribution in [0.25, 0.3) is 55.8 Å². The van der Waals surface area contributed by atoms with E-state index in [0.717, 1.165) is 16.5 Å². The molecule has 0 bridgehead atoms. The molecule has 3 N–H and O–H groups in total. The Morgan fingerprint density at radius 2 is 1.82 bits per heavy atom. The monoisotopic (exact) mass is 506 g/mol. The minimum absolute atomic E-state index is 0.0567. The summed E-state index contributed by atoms with van der Waals surface area (Å²) in [5.74, 6) is 0.385. The molecule has 1 aromatic carbocycles. The predicted octanol–water partition coefficient (Wildman–Crippen LogP) is 5.75. The Balaban J connectivity index is 1.39. The number of carbonyl (C=O) groups excluding carboxylic acids is 1. The second kappa shape index (κ2) is 9.47. The first-order chi connectivity index (χ1) is 18.5. The molecule has 0 aliphatic heterocycles. The van der Waals surface area contributed by atoms with E-state index in [4.69, 9.17) is 4.98 Å². The fraction of sp³-hybridized carbons (Fsp3) is 0.143. The largest absolute Gasteiger partial charge is 0.335 e. The number of carbonyl (C=O) groups is 1. The number of benzene rings is 1. The third-order valence-electron chi connectivity index (χ3n) is 6.15. The Labute approximate surface area is 216 Å². The van der Waals surface area contributed by atoms with Gasteiger partial charge in [0.15, 0.2) is 11.5 Å². The standard InChI is InChI=1S/C28H23FN8O/c1-15(2)7-24(38)33-18-8-16(10-30-12-18)17-9-20-26(36-37-27(20)32-11-17)28-34-23-14-31-13-21(25(23)35-28)19-5-3-4-6-22(19)29/h3-6,8-15H,7H2,1-2H3,(H,33,38)(H,34,35)(H,32,36,37). The van der Waals surface area contributed by atoms with Crippen molar-refractivity contribution in [2.45, 2.75) is 20.3 Å². The van der Waals surface area contributed by atoms with Crippen molar-refractivity contribution in [1.29, 1.82) is 0 Å². The van der Waals surface area contributed by atoms with Gasteiger partial charge in [-0.15, -0.1) is 0 Å². The van der Waals surface area contributed by atoms with Gasteiger partial charge in [0, 0.05) is 47.3 Å². The molecule has 0 unspecified atom stereocenters. The molecule has 1 amide bonds. The highest BCUT2D eigenvalue weighted by Crippen LogP contribution is 2.33. The molecule has 38 heavy (non-hydrogen) atoms. The lowest BCUT2D eigenvalue weighted by molar-refractivity contribution is -0.116. The summed E-state index contributed by atoms with van der Waals surface area (Å²) in [7, 11) is 0. The first-order valence-electron chi connectivity index (χ1n) is 12.1. The third kappa shape index (κ3) is 4.36. The molecule has 5 heterocycles. The number of aromatic amines is 2. The molecule has 0 radical (unpaired) electrons. The molecule has 188 valence electrons. The van der Waals surface area contributed by atoms with E-state index in [1.54, 1.807) is 49.2 Å². The maximum Gasteiger partial charge on any atom is 0.224 e. The second-order valence-corrected chi connectivity index (χ2v) is 9.45. The van der Waals surface area contributed by atoms with Gasteiger partial charge in [0.25, 0.3) is 0 Å². The fourth-order valence-corrected chi connectivity index (χ4v) is 4.42. The first kappa shape index (κ1) is 23.4. The number of nitrogens with zero attached hydrogens (tertiary/aromatic N) is 5. The minimum Gasteiger partial charge on any atom is -0.335 e. The molecule has 0 aliphatic rings. The number of pyridine rings is 3. The summed E-state index contributed by atoms with van der Waals surface area (Å²) in [4.78, 5) is 33.3. The van der Waals surface area contributed by atoms with Gasteiger partial charge in [-0.25, -0.2) is 14.4 Å². The van der Waals surface area contributed by atoms with Crippen LogP contribution in [0.5, 0.6) is 0 Å². The third-order valence-corrected chi connectivity index (χ3v) is 6.15. The summed E-state index contributed by atoms with van der Waals surface area (Å²) in [5, 5.41) is 11.0. The molecule has 6 aromatic rings. The number of halogens is 1. The summed E-state index contributed by atoms with van der Waals surface area (Å²) < 4.78 is 14.5. The van der Waals surface area contributed by atoms with Crippen LogP contribution in [0.2, 0.25) is 0 Å². The average molecular weight is 507 g/mol. The average Bonchev–Trinajstić information content (AvgIpc) is 3.52. The number of hydrogen-bond acceptors (Lipinski definition) is 6. The summed E-state index contributed by atoms with van der Waals surface area (Å²) in [5.41, 5.74) is 5.66. The lowest BCUT2D eigenvalue weighted by atomic mass is 10.1. The van der Waals surface area contributed by atoms with Crippen LogP contribution in [0.3, 0.4) is 0 Å². The van der Waals surface area contributed by atoms with Crippen LogP contribution in [-0.4, -0.2) is 41.0 Å². The zero-order valence-corrected chi connectivity index (χ0v) is 20.7. The van der Waals surface area contributed by atoms with Crippen LogP contribution in [-0.2, 0) is 4.79 Å². The van der Waals surface area contributed by atoms with Crippen molar-refractivity contribution in [2.75, 3.05) is 5.32 Å². The number of rotatable bonds is 6. The smallest absolute Gasteiger partial charge is 0.224 e. The van der Waals surface area contributed by atoms with Crippen LogP contribution < -0.4 is 5.32 Å². The van der Waals surface area contributed by atoms with Gasteiger partial charge in [0.1, 0.15) is 17.0 Å². The molecule has 0 fully saturated rings. The zero-order valence-electron chi connectivity index (χ0n) is 20.7. The van der Waals surface area contributed by atoms with Crippen molar-refractivity contribution >= 4 is 33.7 Å². The summed E-state index contributed by atoms with van der Waals surface area (Å²) >= 11 is 0. The number of amides is 1. The van der Waals surface area contributed by atoms with Gasteiger partial charge in [-0.3, -0.25) is 19.9 Å². The van der Waals surface area contributed by atoms with Crippen LogP contribution in [0, 0.1) is 11.7 Å². The Morgan fingerprint density at radius 3 is 2.66 bits per heavy atom. The van der Waals surface area contributed by atoms with E-state index in [1.165, 1.54) is 6.07 Å². The van der Waals surface area contributed by atoms with E-state index in [9.17, 15) is 9.18 Å². The van der Waals surface area contributed by atoms with E-state index in [2.05, 4.69) is 35.5 Å². The van der Waals surface area contributed by atoms with Gasteiger partial charge in [0.05, 0.1) is 29.0 Å². The number of fused-ring (bicyclic) bond motifs is 2. The summed E-state index contributed by atoms with van der Waals surface area (Å²) in [6.07, 6.45) is 8.74. The van der Waals surface area contributed by atoms with Gasteiger partial charge >= 0.3 is 0 Å². The van der Waals surface area contributed by atoms with Gasteiger partial charge in [-0.2, -0.15) is 5.10 Å². The van der Waals surface area contributed by atoms with E-state index in [0.29, 0.717) is 51.4 Å². The zero-order chi connectivity index (χ0) is 26.2. The van der Waals surface area contributed by atoms with Crippen molar-refractivity contribution < 1.29 is 9.18 Å². The van der Waals surface area contributed by atoms with E-state index in [-0.39, 0.29) is 17.6 Å². The van der Waals surface area contributed by atoms with Crippen LogP contribution >= 0.6 is 0 Å². The number of nitrogens with one attached hydrogen (secondary N) is 3. The fourth-order valence-electron chi connectivity index (χ4n) is 4.42. The Hall–Kier alpha value is -4.99. The van der Waals surface area contributed by atoms with Crippen LogP contribution in [0.4, 0.5) is 10.1 Å². The van der Waals surface area contributed by atoms with Crippen LogP contribution in [0.15, 0.2) is 67.4 Å². The molecule has 0 saturated heterocycles. The topological polar surface area (TPSA) is 125 Å². The van der Waals surface area contributed by atoms with Crippen LogP contribution in [0.1, 0.15) is 20.3 Å². The molecule has 0 spiro atoms. The molecule has 0 atom stereocenters. The Bertz CT molecular complexity index is 1810. The van der Waals surface area contributed by atoms with Crippen molar-refractivity contribution in [1.82, 2.24) is 35.1 Å². The predicted molar refractivity (Wildman–Crippen MR) is 143 cm³/mol. The van der Waals surface area contributed by atoms with Crippen molar-refractivity contribution in [2.24, 2.45) is 5.92 Å². The summed E-state index contributed by atoms with van der Waals surface area (Å²) in [6, 6.07) is 10.4. The maximum absolute atomic E-state index is 14.5. The molecule has 9 nitrogen and oxygen atoms in total. The molecule has 6 rings (SSSR count). The molecule has 5 aromatic heterocycles. The highest BCUT2D eigenvalue weighted by Gasteiger charge is 2.17. The van der Waals surface area contributed by atoms with Gasteiger partial charge in [-0.05, 0) is 24.1 Å². The molecule has 0 saturated carbocycles.